The predicted octanol–water partition coefficient (Wildman–Crippen LogP) is 22.3. The van der Waals surface area contributed by atoms with E-state index in [0.29, 0.717) is 19.3 Å². The smallest absolute Gasteiger partial charge is 0.306 e. The molecule has 0 aliphatic rings. The maximum atomic E-state index is 12.8. The second-order valence-electron chi connectivity index (χ2n) is 22.8. The van der Waals surface area contributed by atoms with Crippen LogP contribution in [0.3, 0.4) is 0 Å². The molecule has 428 valence electrons. The van der Waals surface area contributed by atoms with Gasteiger partial charge in [-0.05, 0) is 19.3 Å². The van der Waals surface area contributed by atoms with Crippen molar-refractivity contribution in [3.05, 3.63) is 0 Å². The summed E-state index contributed by atoms with van der Waals surface area (Å²) in [5.74, 6) is -0.842. The highest BCUT2D eigenvalue weighted by Gasteiger charge is 2.19. The standard InChI is InChI=1S/C66H128O6/c1-4-7-10-13-16-18-20-22-23-24-25-26-27-28-29-30-31-32-33-34-35-36-37-38-39-40-41-42-44-45-47-50-53-56-59-65(68)71-62-63(61-70-64(67)58-55-52-49-15-12-9-6-3)72-66(69)60-57-54-51-48-46-43-21-19-17-14-11-8-5-2/h63H,4-62H2,1-3H3. The van der Waals surface area contributed by atoms with E-state index in [4.69, 9.17) is 14.2 Å². The fraction of sp³-hybridized carbons (Fsp3) is 0.955. The number of carbonyl (C=O) groups excluding carboxylic acids is 3. The van der Waals surface area contributed by atoms with Gasteiger partial charge in [-0.2, -0.15) is 0 Å². The molecule has 0 rings (SSSR count). The highest BCUT2D eigenvalue weighted by Crippen LogP contribution is 2.19. The van der Waals surface area contributed by atoms with Gasteiger partial charge in [0.05, 0.1) is 0 Å². The molecule has 1 unspecified atom stereocenters. The molecule has 0 saturated heterocycles. The SMILES string of the molecule is CCCCCCCCCCCCCCCCCCCCCCCCCCCCCCCCCCCCC(=O)OCC(COC(=O)CCCCCCCCC)OC(=O)CCCCCCCCCCCCCCC. The van der Waals surface area contributed by atoms with Crippen LogP contribution in [-0.2, 0) is 28.6 Å². The van der Waals surface area contributed by atoms with Gasteiger partial charge in [-0.1, -0.05) is 348 Å². The van der Waals surface area contributed by atoms with Crippen LogP contribution in [0.2, 0.25) is 0 Å². The van der Waals surface area contributed by atoms with Gasteiger partial charge in [0.2, 0.25) is 0 Å². The van der Waals surface area contributed by atoms with Crippen LogP contribution >= 0.6 is 0 Å². The Hall–Kier alpha value is -1.59. The highest BCUT2D eigenvalue weighted by molar-refractivity contribution is 5.71. The number of carbonyl (C=O) groups is 3. The zero-order valence-corrected chi connectivity index (χ0v) is 49.2. The van der Waals surface area contributed by atoms with Crippen molar-refractivity contribution >= 4 is 17.9 Å². The molecule has 6 heteroatoms. The molecule has 0 bridgehead atoms. The van der Waals surface area contributed by atoms with Gasteiger partial charge in [-0.3, -0.25) is 14.4 Å². The summed E-state index contributed by atoms with van der Waals surface area (Å²) in [5, 5.41) is 0. The first-order valence-electron chi connectivity index (χ1n) is 33.0. The van der Waals surface area contributed by atoms with E-state index < -0.39 is 6.10 Å². The van der Waals surface area contributed by atoms with Gasteiger partial charge in [-0.15, -0.1) is 0 Å². The maximum Gasteiger partial charge on any atom is 0.306 e. The zero-order valence-electron chi connectivity index (χ0n) is 49.2. The summed E-state index contributed by atoms with van der Waals surface area (Å²) in [5.41, 5.74) is 0. The third kappa shape index (κ3) is 59.3. The largest absolute Gasteiger partial charge is 0.462 e. The Morgan fingerprint density at radius 2 is 0.375 bits per heavy atom. The Bertz CT molecular complexity index is 1080. The number of esters is 3. The minimum Gasteiger partial charge on any atom is -0.462 e. The van der Waals surface area contributed by atoms with E-state index >= 15 is 0 Å². The number of rotatable bonds is 62. The molecule has 0 heterocycles. The summed E-state index contributed by atoms with van der Waals surface area (Å²) in [4.78, 5) is 37.9. The van der Waals surface area contributed by atoms with E-state index in [1.165, 1.54) is 289 Å². The van der Waals surface area contributed by atoms with E-state index in [9.17, 15) is 14.4 Å². The molecular formula is C66H128O6. The van der Waals surface area contributed by atoms with Crippen LogP contribution in [0.1, 0.15) is 387 Å². The van der Waals surface area contributed by atoms with Crippen molar-refractivity contribution in [1.29, 1.82) is 0 Å². The molecule has 0 aliphatic carbocycles. The van der Waals surface area contributed by atoms with Crippen molar-refractivity contribution in [3.8, 4) is 0 Å². The molecule has 1 atom stereocenters. The highest BCUT2D eigenvalue weighted by atomic mass is 16.6. The van der Waals surface area contributed by atoms with Gasteiger partial charge in [0.25, 0.3) is 0 Å². The number of ether oxygens (including phenoxy) is 3. The van der Waals surface area contributed by atoms with Gasteiger partial charge < -0.3 is 14.2 Å². The number of unbranched alkanes of at least 4 members (excludes halogenated alkanes) is 51. The molecule has 0 spiro atoms. The molecular weight excluding hydrogens is 889 g/mol. The molecule has 0 saturated carbocycles. The lowest BCUT2D eigenvalue weighted by atomic mass is 10.0. The Morgan fingerprint density at radius 3 is 0.556 bits per heavy atom. The minimum absolute atomic E-state index is 0.0619. The van der Waals surface area contributed by atoms with Crippen LogP contribution in [-0.4, -0.2) is 37.2 Å². The summed E-state index contributed by atoms with van der Waals surface area (Å²) < 4.78 is 16.8. The van der Waals surface area contributed by atoms with Crippen molar-refractivity contribution in [2.75, 3.05) is 13.2 Å². The average molecular weight is 1020 g/mol. The molecule has 0 fully saturated rings. The van der Waals surface area contributed by atoms with E-state index in [0.717, 1.165) is 57.8 Å². The molecule has 0 N–H and O–H groups in total. The molecule has 72 heavy (non-hydrogen) atoms. The summed E-state index contributed by atoms with van der Waals surface area (Å²) in [6.45, 7) is 6.66. The molecule has 0 amide bonds. The summed E-state index contributed by atoms with van der Waals surface area (Å²) in [6, 6.07) is 0. The Labute approximate surface area is 450 Å². The van der Waals surface area contributed by atoms with Gasteiger partial charge in [0, 0.05) is 19.3 Å². The van der Waals surface area contributed by atoms with E-state index in [-0.39, 0.29) is 31.1 Å². The van der Waals surface area contributed by atoms with Crippen LogP contribution in [0, 0.1) is 0 Å². The first-order chi connectivity index (χ1) is 35.5. The van der Waals surface area contributed by atoms with Gasteiger partial charge >= 0.3 is 17.9 Å². The van der Waals surface area contributed by atoms with Crippen molar-refractivity contribution in [1.82, 2.24) is 0 Å². The van der Waals surface area contributed by atoms with Gasteiger partial charge in [0.15, 0.2) is 6.10 Å². The average Bonchev–Trinajstić information content (AvgIpc) is 3.38. The Morgan fingerprint density at radius 1 is 0.222 bits per heavy atom. The van der Waals surface area contributed by atoms with Crippen LogP contribution < -0.4 is 0 Å². The van der Waals surface area contributed by atoms with Crippen LogP contribution in [0.25, 0.3) is 0 Å². The summed E-state index contributed by atoms with van der Waals surface area (Å²) in [6.07, 6.45) is 71.8. The Balaban J connectivity index is 3.85. The predicted molar refractivity (Wildman–Crippen MR) is 312 cm³/mol. The molecule has 0 aromatic heterocycles. The summed E-state index contributed by atoms with van der Waals surface area (Å²) >= 11 is 0. The van der Waals surface area contributed by atoms with E-state index in [1.54, 1.807) is 0 Å². The van der Waals surface area contributed by atoms with Crippen LogP contribution in [0.4, 0.5) is 0 Å². The van der Waals surface area contributed by atoms with E-state index in [1.807, 2.05) is 0 Å². The topological polar surface area (TPSA) is 78.9 Å². The van der Waals surface area contributed by atoms with Crippen molar-refractivity contribution in [2.45, 2.75) is 393 Å². The lowest BCUT2D eigenvalue weighted by molar-refractivity contribution is -0.167. The van der Waals surface area contributed by atoms with Crippen molar-refractivity contribution < 1.29 is 28.6 Å². The van der Waals surface area contributed by atoms with Gasteiger partial charge in [0.1, 0.15) is 13.2 Å². The molecule has 0 aromatic carbocycles. The summed E-state index contributed by atoms with van der Waals surface area (Å²) in [7, 11) is 0. The monoisotopic (exact) mass is 1020 g/mol. The quantitative estimate of drug-likeness (QED) is 0.0343. The lowest BCUT2D eigenvalue weighted by Gasteiger charge is -2.18. The fourth-order valence-corrected chi connectivity index (χ4v) is 10.4. The Kier molecular flexibility index (Phi) is 60.6. The number of hydrogen-bond donors (Lipinski definition) is 0. The molecule has 6 nitrogen and oxygen atoms in total. The lowest BCUT2D eigenvalue weighted by Crippen LogP contribution is -2.30. The van der Waals surface area contributed by atoms with Gasteiger partial charge in [-0.25, -0.2) is 0 Å². The van der Waals surface area contributed by atoms with Crippen molar-refractivity contribution in [3.63, 3.8) is 0 Å². The first kappa shape index (κ1) is 70.4. The van der Waals surface area contributed by atoms with Crippen molar-refractivity contribution in [2.24, 2.45) is 0 Å². The maximum absolute atomic E-state index is 12.8. The first-order valence-corrected chi connectivity index (χ1v) is 33.0. The van der Waals surface area contributed by atoms with Crippen LogP contribution in [0.5, 0.6) is 0 Å². The minimum atomic E-state index is -0.760. The third-order valence-electron chi connectivity index (χ3n) is 15.4. The molecule has 0 radical (unpaired) electrons. The zero-order chi connectivity index (χ0) is 52.2. The van der Waals surface area contributed by atoms with Crippen LogP contribution in [0.15, 0.2) is 0 Å². The number of hydrogen-bond acceptors (Lipinski definition) is 6. The van der Waals surface area contributed by atoms with E-state index in [2.05, 4.69) is 20.8 Å². The second kappa shape index (κ2) is 62.0. The molecule has 0 aromatic rings. The second-order valence-corrected chi connectivity index (χ2v) is 22.8. The fourth-order valence-electron chi connectivity index (χ4n) is 10.4. The molecule has 0 aliphatic heterocycles. The third-order valence-corrected chi connectivity index (χ3v) is 15.4. The normalized spacial score (nSPS) is 11.9.